The molecule has 2 rings (SSSR count). The van der Waals surface area contributed by atoms with Gasteiger partial charge in [-0.25, -0.2) is 0 Å². The van der Waals surface area contributed by atoms with Gasteiger partial charge in [-0.3, -0.25) is 4.98 Å². The fraction of sp³-hybridized carbons (Fsp3) is 0.450. The van der Waals surface area contributed by atoms with E-state index in [4.69, 9.17) is 0 Å². The first kappa shape index (κ1) is 15.8. The molecule has 0 aliphatic rings. The molecule has 0 unspecified atom stereocenters. The van der Waals surface area contributed by atoms with E-state index in [0.29, 0.717) is 0 Å². The first-order chi connectivity index (χ1) is 10.3. The first-order valence-electron chi connectivity index (χ1n) is 8.37. The van der Waals surface area contributed by atoms with E-state index >= 15 is 0 Å². The number of unbranched alkanes of at least 4 members (excludes halogenated alkanes) is 3. The summed E-state index contributed by atoms with van der Waals surface area (Å²) in [7, 11) is 0. The lowest BCUT2D eigenvalue weighted by atomic mass is 10.0. The molecule has 0 radical (unpaired) electrons. The highest BCUT2D eigenvalue weighted by molar-refractivity contribution is 5.59. The van der Waals surface area contributed by atoms with Gasteiger partial charge in [0.15, 0.2) is 0 Å². The maximum absolute atomic E-state index is 4.58. The summed E-state index contributed by atoms with van der Waals surface area (Å²) in [6.07, 6.45) is 10.8. The summed E-state index contributed by atoms with van der Waals surface area (Å²) in [5.74, 6) is 0. The Bertz CT molecular complexity index is 511. The molecule has 0 amide bonds. The largest absolute Gasteiger partial charge is 0.256 e. The van der Waals surface area contributed by atoms with Crippen LogP contribution in [0.25, 0.3) is 11.3 Å². The smallest absolute Gasteiger partial charge is 0.0702 e. The Kier molecular flexibility index (Phi) is 6.46. The van der Waals surface area contributed by atoms with Gasteiger partial charge in [0.05, 0.1) is 5.69 Å². The third kappa shape index (κ3) is 5.00. The number of nitrogens with zero attached hydrogens (tertiary/aromatic N) is 1. The second-order valence-electron chi connectivity index (χ2n) is 5.81. The molecule has 0 aliphatic carbocycles. The molecule has 0 aliphatic heterocycles. The zero-order valence-electron chi connectivity index (χ0n) is 13.4. The Balaban J connectivity index is 1.94. The molecule has 0 bridgehead atoms. The van der Waals surface area contributed by atoms with Crippen molar-refractivity contribution in [3.8, 4) is 11.3 Å². The second-order valence-corrected chi connectivity index (χ2v) is 5.81. The zero-order chi connectivity index (χ0) is 14.9. The molecule has 1 heterocycles. The zero-order valence-corrected chi connectivity index (χ0v) is 13.4. The van der Waals surface area contributed by atoms with Crippen molar-refractivity contribution in [2.75, 3.05) is 0 Å². The van der Waals surface area contributed by atoms with Crippen molar-refractivity contribution in [1.82, 2.24) is 4.98 Å². The molecule has 0 atom stereocenters. The van der Waals surface area contributed by atoms with Crippen LogP contribution in [-0.4, -0.2) is 4.98 Å². The number of hydrogen-bond acceptors (Lipinski definition) is 1. The van der Waals surface area contributed by atoms with Gasteiger partial charge in [0, 0.05) is 11.8 Å². The monoisotopic (exact) mass is 281 g/mol. The standard InChI is InChI=1S/C20H27N/c1-3-5-6-7-9-17-10-13-19(14-11-17)20-15-12-18(8-4-2)16-21-20/h10-16H,3-9H2,1-2H3. The molecule has 1 aromatic carbocycles. The van der Waals surface area contributed by atoms with Gasteiger partial charge in [-0.2, -0.15) is 0 Å². The number of benzene rings is 1. The molecule has 2 aromatic rings. The van der Waals surface area contributed by atoms with Crippen LogP contribution in [0.1, 0.15) is 57.1 Å². The van der Waals surface area contributed by atoms with Gasteiger partial charge in [0.2, 0.25) is 0 Å². The molecule has 1 heteroatoms. The van der Waals surface area contributed by atoms with Gasteiger partial charge in [0.1, 0.15) is 0 Å². The molecule has 1 aromatic heterocycles. The summed E-state index contributed by atoms with van der Waals surface area (Å²) in [4.78, 5) is 4.58. The van der Waals surface area contributed by atoms with Gasteiger partial charge in [-0.15, -0.1) is 0 Å². The van der Waals surface area contributed by atoms with Crippen LogP contribution in [0, 0.1) is 0 Å². The summed E-state index contributed by atoms with van der Waals surface area (Å²) in [6, 6.07) is 13.3. The molecule has 0 saturated carbocycles. The Hall–Kier alpha value is -1.63. The van der Waals surface area contributed by atoms with Gasteiger partial charge in [-0.1, -0.05) is 69.9 Å². The molecule has 0 saturated heterocycles. The lowest BCUT2D eigenvalue weighted by molar-refractivity contribution is 0.667. The van der Waals surface area contributed by atoms with E-state index in [0.717, 1.165) is 12.1 Å². The topological polar surface area (TPSA) is 12.9 Å². The van der Waals surface area contributed by atoms with E-state index in [9.17, 15) is 0 Å². The molecule has 0 N–H and O–H groups in total. The maximum Gasteiger partial charge on any atom is 0.0702 e. The van der Waals surface area contributed by atoms with E-state index in [2.05, 4.69) is 55.2 Å². The predicted molar refractivity (Wildman–Crippen MR) is 91.5 cm³/mol. The van der Waals surface area contributed by atoms with Gasteiger partial charge in [0.25, 0.3) is 0 Å². The Morgan fingerprint density at radius 2 is 1.48 bits per heavy atom. The molecule has 0 spiro atoms. The molecule has 21 heavy (non-hydrogen) atoms. The summed E-state index contributed by atoms with van der Waals surface area (Å²) >= 11 is 0. The van der Waals surface area contributed by atoms with Crippen LogP contribution < -0.4 is 0 Å². The molecular weight excluding hydrogens is 254 g/mol. The number of hydrogen-bond donors (Lipinski definition) is 0. The van der Waals surface area contributed by atoms with E-state index in [-0.39, 0.29) is 0 Å². The Morgan fingerprint density at radius 3 is 2.10 bits per heavy atom. The van der Waals surface area contributed by atoms with Crippen LogP contribution in [0.5, 0.6) is 0 Å². The third-order valence-corrected chi connectivity index (χ3v) is 3.93. The summed E-state index contributed by atoms with van der Waals surface area (Å²) < 4.78 is 0. The van der Waals surface area contributed by atoms with E-state index in [1.807, 2.05) is 6.20 Å². The average Bonchev–Trinajstić information content (AvgIpc) is 2.53. The quantitative estimate of drug-likeness (QED) is 0.555. The summed E-state index contributed by atoms with van der Waals surface area (Å²) in [5, 5.41) is 0. The van der Waals surface area contributed by atoms with Crippen molar-refractivity contribution < 1.29 is 0 Å². The van der Waals surface area contributed by atoms with E-state index in [1.165, 1.54) is 55.2 Å². The molecule has 0 fully saturated rings. The summed E-state index contributed by atoms with van der Waals surface area (Å²) in [5.41, 5.74) is 5.06. The normalized spacial score (nSPS) is 10.8. The minimum Gasteiger partial charge on any atom is -0.256 e. The van der Waals surface area contributed by atoms with Crippen molar-refractivity contribution >= 4 is 0 Å². The summed E-state index contributed by atoms with van der Waals surface area (Å²) in [6.45, 7) is 4.46. The van der Waals surface area contributed by atoms with Crippen molar-refractivity contribution in [2.24, 2.45) is 0 Å². The van der Waals surface area contributed by atoms with Crippen molar-refractivity contribution in [3.05, 3.63) is 53.7 Å². The van der Waals surface area contributed by atoms with Crippen LogP contribution in [0.3, 0.4) is 0 Å². The highest BCUT2D eigenvalue weighted by Gasteiger charge is 2.00. The highest BCUT2D eigenvalue weighted by atomic mass is 14.7. The van der Waals surface area contributed by atoms with Crippen LogP contribution in [-0.2, 0) is 12.8 Å². The third-order valence-electron chi connectivity index (χ3n) is 3.93. The van der Waals surface area contributed by atoms with Gasteiger partial charge >= 0.3 is 0 Å². The fourth-order valence-corrected chi connectivity index (χ4v) is 2.63. The molecule has 1 nitrogen and oxygen atoms in total. The van der Waals surface area contributed by atoms with Crippen LogP contribution in [0.4, 0.5) is 0 Å². The van der Waals surface area contributed by atoms with Crippen LogP contribution in [0.2, 0.25) is 0 Å². The predicted octanol–water partition coefficient (Wildman–Crippen LogP) is 5.82. The Labute approximate surface area is 129 Å². The first-order valence-corrected chi connectivity index (χ1v) is 8.37. The van der Waals surface area contributed by atoms with Crippen LogP contribution >= 0.6 is 0 Å². The fourth-order valence-electron chi connectivity index (χ4n) is 2.63. The SMILES string of the molecule is CCCCCCc1ccc(-c2ccc(CCC)cn2)cc1. The van der Waals surface area contributed by atoms with Crippen LogP contribution in [0.15, 0.2) is 42.6 Å². The van der Waals surface area contributed by atoms with Gasteiger partial charge in [-0.05, 0) is 36.5 Å². The van der Waals surface area contributed by atoms with Crippen molar-refractivity contribution in [3.63, 3.8) is 0 Å². The molecular formula is C20H27N. The van der Waals surface area contributed by atoms with E-state index in [1.54, 1.807) is 0 Å². The number of aromatic nitrogens is 1. The minimum atomic E-state index is 1.08. The highest BCUT2D eigenvalue weighted by Crippen LogP contribution is 2.19. The number of pyridine rings is 1. The van der Waals surface area contributed by atoms with Crippen molar-refractivity contribution in [2.45, 2.75) is 58.8 Å². The lowest BCUT2D eigenvalue weighted by Gasteiger charge is -2.05. The number of rotatable bonds is 8. The maximum atomic E-state index is 4.58. The average molecular weight is 281 g/mol. The van der Waals surface area contributed by atoms with Crippen molar-refractivity contribution in [1.29, 1.82) is 0 Å². The molecule has 112 valence electrons. The minimum absolute atomic E-state index is 1.08. The Morgan fingerprint density at radius 1 is 0.714 bits per heavy atom. The second kappa shape index (κ2) is 8.61. The van der Waals surface area contributed by atoms with Gasteiger partial charge < -0.3 is 0 Å². The number of aryl methyl sites for hydroxylation is 2. The lowest BCUT2D eigenvalue weighted by Crippen LogP contribution is -1.89. The van der Waals surface area contributed by atoms with E-state index < -0.39 is 0 Å².